The summed E-state index contributed by atoms with van der Waals surface area (Å²) < 4.78 is 9.97. The normalized spacial score (nSPS) is 10.6. The molecule has 0 spiro atoms. The largest absolute Gasteiger partial charge is 0.382 e. The molecule has 0 radical (unpaired) electrons. The molecule has 0 saturated heterocycles. The number of amides is 1. The molecule has 0 unspecified atom stereocenters. The Labute approximate surface area is 86.0 Å². The van der Waals surface area contributed by atoms with E-state index in [2.05, 4.69) is 19.2 Å². The highest BCUT2D eigenvalue weighted by molar-refractivity contribution is 5.75. The lowest BCUT2D eigenvalue weighted by molar-refractivity contribution is -0.122. The van der Waals surface area contributed by atoms with Gasteiger partial charge < -0.3 is 14.8 Å². The van der Waals surface area contributed by atoms with Gasteiger partial charge in [-0.05, 0) is 5.92 Å². The van der Waals surface area contributed by atoms with E-state index < -0.39 is 0 Å². The van der Waals surface area contributed by atoms with E-state index in [0.717, 1.165) is 6.54 Å². The molecule has 1 N–H and O–H groups in total. The van der Waals surface area contributed by atoms with Crippen molar-refractivity contribution in [1.29, 1.82) is 0 Å². The Balaban J connectivity index is 3.18. The first-order chi connectivity index (χ1) is 6.66. The second-order valence-corrected chi connectivity index (χ2v) is 3.55. The summed E-state index contributed by atoms with van der Waals surface area (Å²) in [7, 11) is 1.62. The maximum absolute atomic E-state index is 11.2. The van der Waals surface area contributed by atoms with Crippen LogP contribution in [0, 0.1) is 5.92 Å². The third kappa shape index (κ3) is 9.48. The second-order valence-electron chi connectivity index (χ2n) is 3.55. The summed E-state index contributed by atoms with van der Waals surface area (Å²) >= 11 is 0. The summed E-state index contributed by atoms with van der Waals surface area (Å²) in [5, 5.41) is 2.82. The molecule has 84 valence electrons. The van der Waals surface area contributed by atoms with Crippen molar-refractivity contribution in [2.75, 3.05) is 33.5 Å². The van der Waals surface area contributed by atoms with E-state index in [-0.39, 0.29) is 5.91 Å². The van der Waals surface area contributed by atoms with Crippen LogP contribution in [0.1, 0.15) is 20.3 Å². The highest BCUT2D eigenvalue weighted by Gasteiger charge is 2.01. The molecule has 0 aromatic rings. The lowest BCUT2D eigenvalue weighted by atomic mass is 10.2. The van der Waals surface area contributed by atoms with E-state index in [1.54, 1.807) is 7.11 Å². The standard InChI is InChI=1S/C10H21NO3/c1-9(2)8-11-10(12)4-5-14-7-6-13-3/h9H,4-8H2,1-3H3,(H,11,12). The topological polar surface area (TPSA) is 47.6 Å². The van der Waals surface area contributed by atoms with Gasteiger partial charge >= 0.3 is 0 Å². The van der Waals surface area contributed by atoms with Crippen LogP contribution in [0.25, 0.3) is 0 Å². The van der Waals surface area contributed by atoms with Crippen LogP contribution in [0.3, 0.4) is 0 Å². The molecule has 0 rings (SSSR count). The molecule has 4 nitrogen and oxygen atoms in total. The van der Waals surface area contributed by atoms with Gasteiger partial charge in [0.15, 0.2) is 0 Å². The molecule has 0 aromatic carbocycles. The number of ether oxygens (including phenoxy) is 2. The molecule has 4 heteroatoms. The Morgan fingerprint density at radius 3 is 2.57 bits per heavy atom. The fourth-order valence-corrected chi connectivity index (χ4v) is 0.816. The van der Waals surface area contributed by atoms with Gasteiger partial charge in [-0.25, -0.2) is 0 Å². The van der Waals surface area contributed by atoms with Crippen LogP contribution in [0.2, 0.25) is 0 Å². The average Bonchev–Trinajstić information content (AvgIpc) is 2.14. The minimum Gasteiger partial charge on any atom is -0.382 e. The fraction of sp³-hybridized carbons (Fsp3) is 0.900. The zero-order chi connectivity index (χ0) is 10.8. The first kappa shape index (κ1) is 13.4. The highest BCUT2D eigenvalue weighted by Crippen LogP contribution is 1.89. The maximum atomic E-state index is 11.2. The van der Waals surface area contributed by atoms with E-state index in [9.17, 15) is 4.79 Å². The van der Waals surface area contributed by atoms with Gasteiger partial charge in [0.1, 0.15) is 0 Å². The number of rotatable bonds is 8. The van der Waals surface area contributed by atoms with Crippen LogP contribution < -0.4 is 5.32 Å². The molecular weight excluding hydrogens is 182 g/mol. The highest BCUT2D eigenvalue weighted by atomic mass is 16.5. The number of nitrogens with one attached hydrogen (secondary N) is 1. The quantitative estimate of drug-likeness (QED) is 0.594. The SMILES string of the molecule is COCCOCCC(=O)NCC(C)C. The van der Waals surface area contributed by atoms with Gasteiger partial charge in [-0.15, -0.1) is 0 Å². The summed E-state index contributed by atoms with van der Waals surface area (Å²) in [6, 6.07) is 0. The number of carbonyl (C=O) groups is 1. The monoisotopic (exact) mass is 203 g/mol. The van der Waals surface area contributed by atoms with E-state index in [0.29, 0.717) is 32.2 Å². The van der Waals surface area contributed by atoms with Crippen LogP contribution >= 0.6 is 0 Å². The molecule has 0 fully saturated rings. The first-order valence-corrected chi connectivity index (χ1v) is 5.00. The van der Waals surface area contributed by atoms with Gasteiger partial charge in [0.25, 0.3) is 0 Å². The van der Waals surface area contributed by atoms with Gasteiger partial charge in [0.2, 0.25) is 5.91 Å². The van der Waals surface area contributed by atoms with Gasteiger partial charge in [-0.1, -0.05) is 13.8 Å². The van der Waals surface area contributed by atoms with E-state index in [4.69, 9.17) is 9.47 Å². The molecular formula is C10H21NO3. The minimum absolute atomic E-state index is 0.0520. The fourth-order valence-electron chi connectivity index (χ4n) is 0.816. The molecule has 1 amide bonds. The van der Waals surface area contributed by atoms with Crippen molar-refractivity contribution in [3.63, 3.8) is 0 Å². The number of methoxy groups -OCH3 is 1. The van der Waals surface area contributed by atoms with Crippen molar-refractivity contribution in [2.45, 2.75) is 20.3 Å². The van der Waals surface area contributed by atoms with Crippen molar-refractivity contribution in [3.05, 3.63) is 0 Å². The maximum Gasteiger partial charge on any atom is 0.222 e. The van der Waals surface area contributed by atoms with Crippen LogP contribution in [0.15, 0.2) is 0 Å². The number of carbonyl (C=O) groups excluding carboxylic acids is 1. The van der Waals surface area contributed by atoms with Crippen molar-refractivity contribution in [2.24, 2.45) is 5.92 Å². The molecule has 0 aliphatic heterocycles. The summed E-state index contributed by atoms with van der Waals surface area (Å²) in [5.74, 6) is 0.546. The molecule has 0 bridgehead atoms. The van der Waals surface area contributed by atoms with Gasteiger partial charge in [-0.3, -0.25) is 4.79 Å². The van der Waals surface area contributed by atoms with Crippen LogP contribution in [0.4, 0.5) is 0 Å². The molecule has 0 aromatic heterocycles. The summed E-state index contributed by atoms with van der Waals surface area (Å²) in [6.45, 7) is 6.45. The smallest absolute Gasteiger partial charge is 0.222 e. The average molecular weight is 203 g/mol. The van der Waals surface area contributed by atoms with Gasteiger partial charge in [0.05, 0.1) is 19.8 Å². The summed E-state index contributed by atoms with van der Waals surface area (Å²) in [6.07, 6.45) is 0.427. The van der Waals surface area contributed by atoms with E-state index >= 15 is 0 Å². The Morgan fingerprint density at radius 1 is 1.29 bits per heavy atom. The van der Waals surface area contributed by atoms with Gasteiger partial charge in [0, 0.05) is 20.1 Å². The zero-order valence-electron chi connectivity index (χ0n) is 9.34. The first-order valence-electron chi connectivity index (χ1n) is 5.00. The molecule has 0 heterocycles. The lowest BCUT2D eigenvalue weighted by Crippen LogP contribution is -2.28. The number of hydrogen-bond donors (Lipinski definition) is 1. The molecule has 0 aliphatic rings. The minimum atomic E-state index is 0.0520. The van der Waals surface area contributed by atoms with Crippen molar-refractivity contribution in [1.82, 2.24) is 5.32 Å². The zero-order valence-corrected chi connectivity index (χ0v) is 9.34. The Kier molecular flexibility index (Phi) is 8.57. The molecule has 14 heavy (non-hydrogen) atoms. The number of hydrogen-bond acceptors (Lipinski definition) is 3. The van der Waals surface area contributed by atoms with E-state index in [1.807, 2.05) is 0 Å². The van der Waals surface area contributed by atoms with Crippen LogP contribution in [0.5, 0.6) is 0 Å². The Hall–Kier alpha value is -0.610. The molecule has 0 aliphatic carbocycles. The van der Waals surface area contributed by atoms with Crippen molar-refractivity contribution < 1.29 is 14.3 Å². The van der Waals surface area contributed by atoms with Crippen molar-refractivity contribution >= 4 is 5.91 Å². The predicted molar refractivity (Wildman–Crippen MR) is 55.2 cm³/mol. The van der Waals surface area contributed by atoms with E-state index in [1.165, 1.54) is 0 Å². The predicted octanol–water partition coefficient (Wildman–Crippen LogP) is 0.812. The third-order valence-corrected chi connectivity index (χ3v) is 1.61. The Bertz CT molecular complexity index is 148. The van der Waals surface area contributed by atoms with Gasteiger partial charge in [-0.2, -0.15) is 0 Å². The molecule has 0 saturated carbocycles. The Morgan fingerprint density at radius 2 is 2.00 bits per heavy atom. The summed E-state index contributed by atoms with van der Waals surface area (Å²) in [5.41, 5.74) is 0. The van der Waals surface area contributed by atoms with Crippen molar-refractivity contribution in [3.8, 4) is 0 Å². The van der Waals surface area contributed by atoms with Crippen LogP contribution in [-0.4, -0.2) is 39.4 Å². The summed E-state index contributed by atoms with van der Waals surface area (Å²) in [4.78, 5) is 11.2. The van der Waals surface area contributed by atoms with Crippen LogP contribution in [-0.2, 0) is 14.3 Å². The third-order valence-electron chi connectivity index (χ3n) is 1.61. The lowest BCUT2D eigenvalue weighted by Gasteiger charge is -2.07. The second kappa shape index (κ2) is 8.97. The molecule has 0 atom stereocenters.